The second kappa shape index (κ2) is 6.20. The summed E-state index contributed by atoms with van der Waals surface area (Å²) >= 11 is 5.79. The Kier molecular flexibility index (Phi) is 4.31. The third-order valence-corrected chi connectivity index (χ3v) is 4.01. The van der Waals surface area contributed by atoms with Gasteiger partial charge >= 0.3 is 12.3 Å². The summed E-state index contributed by atoms with van der Waals surface area (Å²) in [6, 6.07) is 1.82. The van der Waals surface area contributed by atoms with Crippen molar-refractivity contribution in [2.75, 3.05) is 7.11 Å². The third kappa shape index (κ3) is 2.85. The van der Waals surface area contributed by atoms with Gasteiger partial charge in [0.05, 0.1) is 34.4 Å². The molecule has 0 atom stereocenters. The molecule has 0 radical (unpaired) electrons. The van der Waals surface area contributed by atoms with Crippen LogP contribution in [-0.2, 0) is 17.3 Å². The number of aromatic amines is 1. The molecule has 0 aliphatic heterocycles. The van der Waals surface area contributed by atoms with Gasteiger partial charge in [-0.2, -0.15) is 18.2 Å². The van der Waals surface area contributed by atoms with Gasteiger partial charge in [-0.15, -0.1) is 0 Å². The van der Waals surface area contributed by atoms with Crippen molar-refractivity contribution < 1.29 is 27.4 Å². The van der Waals surface area contributed by atoms with Crippen LogP contribution in [0, 0.1) is 0 Å². The Morgan fingerprint density at radius 3 is 2.65 bits per heavy atom. The van der Waals surface area contributed by atoms with Crippen molar-refractivity contribution in [3.8, 4) is 5.88 Å². The minimum Gasteiger partial charge on any atom is -0.437 e. The van der Waals surface area contributed by atoms with Crippen molar-refractivity contribution in [1.29, 1.82) is 0 Å². The molecule has 1 N–H and O–H groups in total. The number of aromatic nitrogens is 3. The van der Waals surface area contributed by atoms with E-state index in [0.717, 1.165) is 19.2 Å². The van der Waals surface area contributed by atoms with E-state index in [4.69, 9.17) is 16.3 Å². The highest BCUT2D eigenvalue weighted by Crippen LogP contribution is 2.37. The third-order valence-electron chi connectivity index (χ3n) is 3.70. The topological polar surface area (TPSA) is 85.7 Å². The fourth-order valence-corrected chi connectivity index (χ4v) is 2.87. The van der Waals surface area contributed by atoms with E-state index < -0.39 is 28.5 Å². The molecule has 3 aromatic rings. The van der Waals surface area contributed by atoms with Gasteiger partial charge in [-0.1, -0.05) is 18.5 Å². The molecule has 138 valence electrons. The summed E-state index contributed by atoms with van der Waals surface area (Å²) in [6.45, 7) is 1.70. The Hall–Kier alpha value is -2.75. The van der Waals surface area contributed by atoms with E-state index in [2.05, 4.69) is 14.7 Å². The maximum absolute atomic E-state index is 13.1. The number of imidazole rings is 1. The number of methoxy groups -OCH3 is 1. The van der Waals surface area contributed by atoms with E-state index in [1.54, 1.807) is 6.92 Å². The van der Waals surface area contributed by atoms with Crippen LogP contribution >= 0.6 is 11.6 Å². The predicted molar refractivity (Wildman–Crippen MR) is 85.7 cm³/mol. The minimum atomic E-state index is -4.68. The lowest BCUT2D eigenvalue weighted by Gasteiger charge is -2.12. The number of alkyl halides is 3. The molecule has 7 nitrogen and oxygen atoms in total. The average molecular weight is 390 g/mol. The molecule has 0 bridgehead atoms. The number of ether oxygens (including phenoxy) is 2. The fraction of sp³-hybridized carbons (Fsp3) is 0.267. The molecule has 26 heavy (non-hydrogen) atoms. The molecule has 3 rings (SSSR count). The first-order valence-electron chi connectivity index (χ1n) is 7.27. The molecule has 0 fully saturated rings. The predicted octanol–water partition coefficient (Wildman–Crippen LogP) is 3.56. The molecule has 0 amide bonds. The van der Waals surface area contributed by atoms with Crippen molar-refractivity contribution >= 4 is 34.4 Å². The lowest BCUT2D eigenvalue weighted by Crippen LogP contribution is -2.13. The standard InChI is InChI=1S/C15H11ClF3N3O4/c1-3-9-13(26-14(24)25-2)21-11-12(23)20-8-4-6(15(17,18)19)7(16)5-10(8)22(9)11/h4-5H,3H2,1-2H3,(H,20,23). The number of hydrogen-bond donors (Lipinski definition) is 1. The average Bonchev–Trinajstić information content (AvgIpc) is 2.93. The number of fused-ring (bicyclic) bond motifs is 3. The molecule has 0 aliphatic carbocycles. The van der Waals surface area contributed by atoms with Gasteiger partial charge in [0, 0.05) is 0 Å². The summed E-state index contributed by atoms with van der Waals surface area (Å²) in [7, 11) is 1.10. The maximum atomic E-state index is 13.1. The zero-order valence-corrected chi connectivity index (χ0v) is 14.2. The van der Waals surface area contributed by atoms with Crippen LogP contribution in [0.3, 0.4) is 0 Å². The number of aryl methyl sites for hydroxylation is 1. The molecule has 2 aromatic heterocycles. The number of nitrogens with one attached hydrogen (secondary N) is 1. The first kappa shape index (κ1) is 18.1. The highest BCUT2D eigenvalue weighted by atomic mass is 35.5. The van der Waals surface area contributed by atoms with Gasteiger partial charge < -0.3 is 14.5 Å². The Morgan fingerprint density at radius 2 is 2.08 bits per heavy atom. The Morgan fingerprint density at radius 1 is 1.38 bits per heavy atom. The molecular formula is C15H11ClF3N3O4. The van der Waals surface area contributed by atoms with Crippen LogP contribution < -0.4 is 10.3 Å². The van der Waals surface area contributed by atoms with E-state index in [1.165, 1.54) is 4.40 Å². The fourth-order valence-electron chi connectivity index (χ4n) is 2.60. The van der Waals surface area contributed by atoms with Gasteiger partial charge in [0.25, 0.3) is 5.56 Å². The first-order valence-corrected chi connectivity index (χ1v) is 7.65. The maximum Gasteiger partial charge on any atom is 0.514 e. The van der Waals surface area contributed by atoms with Crippen molar-refractivity contribution in [2.24, 2.45) is 0 Å². The number of rotatable bonds is 2. The second-order valence-electron chi connectivity index (χ2n) is 5.23. The number of nitrogens with zero attached hydrogens (tertiary/aromatic N) is 2. The highest BCUT2D eigenvalue weighted by molar-refractivity contribution is 6.32. The van der Waals surface area contributed by atoms with Crippen molar-refractivity contribution in [1.82, 2.24) is 14.4 Å². The van der Waals surface area contributed by atoms with Gasteiger partial charge in [-0.25, -0.2) is 4.79 Å². The first-order chi connectivity index (χ1) is 12.2. The van der Waals surface area contributed by atoms with E-state index in [-0.39, 0.29) is 29.0 Å². The quantitative estimate of drug-likeness (QED) is 0.677. The van der Waals surface area contributed by atoms with E-state index in [9.17, 15) is 22.8 Å². The molecule has 0 saturated heterocycles. The monoisotopic (exact) mass is 389 g/mol. The zero-order valence-electron chi connectivity index (χ0n) is 13.4. The summed E-state index contributed by atoms with van der Waals surface area (Å²) in [6.07, 6.45) is -5.45. The van der Waals surface area contributed by atoms with E-state index >= 15 is 0 Å². The molecule has 0 spiro atoms. The Balaban J connectivity index is 2.39. The van der Waals surface area contributed by atoms with Crippen LogP contribution in [0.25, 0.3) is 16.7 Å². The molecular weight excluding hydrogens is 379 g/mol. The molecule has 2 heterocycles. The number of hydrogen-bond acceptors (Lipinski definition) is 5. The van der Waals surface area contributed by atoms with Crippen molar-refractivity contribution in [3.63, 3.8) is 0 Å². The Labute approximate surface area is 148 Å². The summed E-state index contributed by atoms with van der Waals surface area (Å²) < 4.78 is 49.8. The largest absolute Gasteiger partial charge is 0.514 e. The lowest BCUT2D eigenvalue weighted by atomic mass is 10.1. The van der Waals surface area contributed by atoms with Crippen LogP contribution in [0.1, 0.15) is 18.2 Å². The van der Waals surface area contributed by atoms with Crippen molar-refractivity contribution in [3.05, 3.63) is 38.8 Å². The van der Waals surface area contributed by atoms with E-state index in [1.807, 2.05) is 0 Å². The molecule has 0 aliphatic rings. The molecule has 11 heteroatoms. The van der Waals surface area contributed by atoms with Gasteiger partial charge in [0.1, 0.15) is 0 Å². The Bertz CT molecular complexity index is 1090. The summed E-state index contributed by atoms with van der Waals surface area (Å²) in [5, 5.41) is -0.537. The summed E-state index contributed by atoms with van der Waals surface area (Å²) in [5.41, 5.74) is -1.58. The number of carbonyl (C=O) groups is 1. The summed E-state index contributed by atoms with van der Waals surface area (Å²) in [4.78, 5) is 29.9. The number of carbonyl (C=O) groups excluding carboxylic acids is 1. The number of benzene rings is 1. The minimum absolute atomic E-state index is 0.0871. The number of halogens is 4. The van der Waals surface area contributed by atoms with Crippen LogP contribution in [0.5, 0.6) is 5.88 Å². The highest BCUT2D eigenvalue weighted by Gasteiger charge is 2.34. The van der Waals surface area contributed by atoms with Gasteiger partial charge in [0.2, 0.25) is 11.5 Å². The molecule has 0 saturated carbocycles. The van der Waals surface area contributed by atoms with E-state index in [0.29, 0.717) is 5.69 Å². The van der Waals surface area contributed by atoms with Crippen LogP contribution in [0.4, 0.5) is 18.0 Å². The van der Waals surface area contributed by atoms with Gasteiger partial charge in [-0.05, 0) is 18.6 Å². The van der Waals surface area contributed by atoms with Crippen molar-refractivity contribution in [2.45, 2.75) is 19.5 Å². The normalized spacial score (nSPS) is 11.9. The second-order valence-corrected chi connectivity index (χ2v) is 5.64. The van der Waals surface area contributed by atoms with Crippen LogP contribution in [-0.4, -0.2) is 27.6 Å². The smallest absolute Gasteiger partial charge is 0.437 e. The van der Waals surface area contributed by atoms with Crippen LogP contribution in [0.2, 0.25) is 5.02 Å². The molecule has 0 unspecified atom stereocenters. The lowest BCUT2D eigenvalue weighted by molar-refractivity contribution is -0.137. The van der Waals surface area contributed by atoms with Gasteiger partial charge in [-0.3, -0.25) is 9.20 Å². The SMILES string of the molecule is CCc1c(OC(=O)OC)nc2c(=O)[nH]c3cc(C(F)(F)F)c(Cl)cc3n12. The van der Waals surface area contributed by atoms with Gasteiger partial charge in [0.15, 0.2) is 0 Å². The summed E-state index contributed by atoms with van der Waals surface area (Å²) in [5.74, 6) is -0.173. The number of H-pyrrole nitrogens is 1. The zero-order chi connectivity index (χ0) is 19.2. The molecule has 1 aromatic carbocycles. The van der Waals surface area contributed by atoms with Crippen LogP contribution in [0.15, 0.2) is 16.9 Å².